The fourth-order valence-electron chi connectivity index (χ4n) is 2.51. The second kappa shape index (κ2) is 6.06. The minimum atomic E-state index is 0.0600. The van der Waals surface area contributed by atoms with Crippen LogP contribution < -0.4 is 5.73 Å². The predicted molar refractivity (Wildman–Crippen MR) is 76.1 cm³/mol. The van der Waals surface area contributed by atoms with Gasteiger partial charge in [0.15, 0.2) is 0 Å². The van der Waals surface area contributed by atoms with Crippen molar-refractivity contribution in [3.05, 3.63) is 29.3 Å². The Hall–Kier alpha value is -1.55. The number of hydrogen-bond acceptors (Lipinski definition) is 3. The van der Waals surface area contributed by atoms with Gasteiger partial charge in [0, 0.05) is 36.9 Å². The van der Waals surface area contributed by atoms with Crippen LogP contribution in [0.15, 0.2) is 18.2 Å². The highest BCUT2D eigenvalue weighted by molar-refractivity contribution is 5.95. The molecule has 1 aromatic rings. The number of aryl methyl sites for hydroxylation is 1. The van der Waals surface area contributed by atoms with Crippen LogP contribution in [0.25, 0.3) is 0 Å². The van der Waals surface area contributed by atoms with Crippen LogP contribution in [-0.4, -0.2) is 37.1 Å². The zero-order valence-electron chi connectivity index (χ0n) is 11.7. The van der Waals surface area contributed by atoms with Gasteiger partial charge in [-0.25, -0.2) is 0 Å². The van der Waals surface area contributed by atoms with E-state index in [1.54, 1.807) is 6.07 Å². The first kappa shape index (κ1) is 13.9. The lowest BCUT2D eigenvalue weighted by Crippen LogP contribution is -2.35. The third-order valence-corrected chi connectivity index (χ3v) is 3.52. The summed E-state index contributed by atoms with van der Waals surface area (Å²) in [6.07, 6.45) is 1.04. The van der Waals surface area contributed by atoms with E-state index in [2.05, 4.69) is 0 Å². The second-order valence-corrected chi connectivity index (χ2v) is 5.21. The van der Waals surface area contributed by atoms with E-state index >= 15 is 0 Å². The van der Waals surface area contributed by atoms with Crippen molar-refractivity contribution >= 4 is 11.6 Å². The molecule has 19 heavy (non-hydrogen) atoms. The van der Waals surface area contributed by atoms with E-state index < -0.39 is 0 Å². The van der Waals surface area contributed by atoms with E-state index in [1.807, 2.05) is 30.9 Å². The van der Waals surface area contributed by atoms with Gasteiger partial charge in [-0.05, 0) is 44.0 Å². The minimum Gasteiger partial charge on any atom is -0.399 e. The molecule has 2 rings (SSSR count). The lowest BCUT2D eigenvalue weighted by molar-refractivity contribution is 0.0731. The molecule has 1 atom stereocenters. The number of carbonyl (C=O) groups excluding carboxylic acids is 1. The Morgan fingerprint density at radius 3 is 2.84 bits per heavy atom. The number of nitrogens with zero attached hydrogens (tertiary/aromatic N) is 1. The van der Waals surface area contributed by atoms with E-state index in [4.69, 9.17) is 10.5 Å². The molecule has 0 spiro atoms. The molecule has 4 nitrogen and oxygen atoms in total. The number of anilines is 1. The molecule has 4 heteroatoms. The summed E-state index contributed by atoms with van der Waals surface area (Å²) in [4.78, 5) is 14.4. The Bertz CT molecular complexity index is 433. The number of nitrogens with two attached hydrogens (primary N) is 1. The summed E-state index contributed by atoms with van der Waals surface area (Å²) in [5, 5.41) is 0. The number of hydrogen-bond donors (Lipinski definition) is 1. The molecule has 0 saturated carbocycles. The molecule has 1 amide bonds. The lowest BCUT2D eigenvalue weighted by atomic mass is 10.1. The van der Waals surface area contributed by atoms with Crippen molar-refractivity contribution in [3.8, 4) is 0 Å². The van der Waals surface area contributed by atoms with Crippen LogP contribution in [0.3, 0.4) is 0 Å². The van der Waals surface area contributed by atoms with Gasteiger partial charge in [-0.3, -0.25) is 4.79 Å². The van der Waals surface area contributed by atoms with Gasteiger partial charge in [-0.2, -0.15) is 0 Å². The van der Waals surface area contributed by atoms with Crippen molar-refractivity contribution in [2.24, 2.45) is 5.92 Å². The van der Waals surface area contributed by atoms with Crippen LogP contribution in [0, 0.1) is 12.8 Å². The number of benzene rings is 1. The molecule has 1 aliphatic rings. The van der Waals surface area contributed by atoms with Crippen LogP contribution >= 0.6 is 0 Å². The fourth-order valence-corrected chi connectivity index (χ4v) is 2.51. The average molecular weight is 262 g/mol. The third-order valence-electron chi connectivity index (χ3n) is 3.52. The zero-order chi connectivity index (χ0) is 13.8. The van der Waals surface area contributed by atoms with Gasteiger partial charge in [0.25, 0.3) is 5.91 Å². The van der Waals surface area contributed by atoms with Crippen molar-refractivity contribution in [1.29, 1.82) is 0 Å². The quantitative estimate of drug-likeness (QED) is 0.845. The topological polar surface area (TPSA) is 55.6 Å². The Kier molecular flexibility index (Phi) is 4.43. The fraction of sp³-hybridized carbons (Fsp3) is 0.533. The molecule has 1 heterocycles. The Morgan fingerprint density at radius 1 is 1.47 bits per heavy atom. The van der Waals surface area contributed by atoms with Crippen LogP contribution in [0.4, 0.5) is 5.69 Å². The van der Waals surface area contributed by atoms with Crippen molar-refractivity contribution in [3.63, 3.8) is 0 Å². The molecule has 0 aliphatic carbocycles. The normalized spacial score (nSPS) is 18.5. The Balaban J connectivity index is 2.10. The zero-order valence-corrected chi connectivity index (χ0v) is 11.7. The maximum Gasteiger partial charge on any atom is 0.253 e. The standard InChI is InChI=1S/C15H22N2O2/c1-3-17(9-12-4-5-19-10-12)15(18)13-6-11(2)7-14(16)8-13/h6-8,12H,3-5,9-10,16H2,1-2H3. The highest BCUT2D eigenvalue weighted by atomic mass is 16.5. The Morgan fingerprint density at radius 2 is 2.26 bits per heavy atom. The molecule has 2 N–H and O–H groups in total. The third kappa shape index (κ3) is 3.47. The average Bonchev–Trinajstić information content (AvgIpc) is 2.86. The summed E-state index contributed by atoms with van der Waals surface area (Å²) >= 11 is 0. The molecule has 1 unspecified atom stereocenters. The molecule has 0 aromatic heterocycles. The van der Waals surface area contributed by atoms with Gasteiger partial charge in [-0.15, -0.1) is 0 Å². The number of rotatable bonds is 4. The SMILES string of the molecule is CCN(CC1CCOC1)C(=O)c1cc(C)cc(N)c1. The van der Waals surface area contributed by atoms with E-state index in [0.29, 0.717) is 23.7 Å². The monoisotopic (exact) mass is 262 g/mol. The minimum absolute atomic E-state index is 0.0600. The van der Waals surface area contributed by atoms with E-state index in [1.165, 1.54) is 0 Å². The summed E-state index contributed by atoms with van der Waals surface area (Å²) in [6, 6.07) is 5.52. The van der Waals surface area contributed by atoms with Gasteiger partial charge in [-0.1, -0.05) is 0 Å². The van der Waals surface area contributed by atoms with Gasteiger partial charge in [0.1, 0.15) is 0 Å². The summed E-state index contributed by atoms with van der Waals surface area (Å²) in [6.45, 7) is 7.01. The number of carbonyl (C=O) groups is 1. The number of nitrogen functional groups attached to an aromatic ring is 1. The van der Waals surface area contributed by atoms with Crippen molar-refractivity contribution in [1.82, 2.24) is 4.90 Å². The summed E-state index contributed by atoms with van der Waals surface area (Å²) in [5.74, 6) is 0.524. The molecule has 0 bridgehead atoms. The first-order valence-corrected chi connectivity index (χ1v) is 6.84. The van der Waals surface area contributed by atoms with Gasteiger partial charge in [0.2, 0.25) is 0 Å². The molecular weight excluding hydrogens is 240 g/mol. The van der Waals surface area contributed by atoms with Crippen LogP contribution in [-0.2, 0) is 4.74 Å². The van der Waals surface area contributed by atoms with Crippen LogP contribution in [0.1, 0.15) is 29.3 Å². The van der Waals surface area contributed by atoms with E-state index in [0.717, 1.165) is 31.7 Å². The van der Waals surface area contributed by atoms with Crippen LogP contribution in [0.5, 0.6) is 0 Å². The van der Waals surface area contributed by atoms with Crippen molar-refractivity contribution < 1.29 is 9.53 Å². The highest BCUT2D eigenvalue weighted by Crippen LogP contribution is 2.17. The summed E-state index contributed by atoms with van der Waals surface area (Å²) < 4.78 is 5.37. The smallest absolute Gasteiger partial charge is 0.253 e. The summed E-state index contributed by atoms with van der Waals surface area (Å²) in [5.41, 5.74) is 8.15. The van der Waals surface area contributed by atoms with Gasteiger partial charge < -0.3 is 15.4 Å². The molecule has 0 radical (unpaired) electrons. The first-order valence-electron chi connectivity index (χ1n) is 6.84. The maximum absolute atomic E-state index is 12.5. The van der Waals surface area contributed by atoms with Gasteiger partial charge >= 0.3 is 0 Å². The maximum atomic E-state index is 12.5. The van der Waals surface area contributed by atoms with Crippen molar-refractivity contribution in [2.75, 3.05) is 32.0 Å². The van der Waals surface area contributed by atoms with Crippen LogP contribution in [0.2, 0.25) is 0 Å². The molecule has 1 saturated heterocycles. The molecule has 1 fully saturated rings. The molecule has 1 aromatic carbocycles. The van der Waals surface area contributed by atoms with Gasteiger partial charge in [0.05, 0.1) is 6.61 Å². The largest absolute Gasteiger partial charge is 0.399 e. The Labute approximate surface area is 114 Å². The molecule has 104 valence electrons. The highest BCUT2D eigenvalue weighted by Gasteiger charge is 2.22. The lowest BCUT2D eigenvalue weighted by Gasteiger charge is -2.24. The van der Waals surface area contributed by atoms with E-state index in [9.17, 15) is 4.79 Å². The number of ether oxygens (including phenoxy) is 1. The van der Waals surface area contributed by atoms with E-state index in [-0.39, 0.29) is 5.91 Å². The summed E-state index contributed by atoms with van der Waals surface area (Å²) in [7, 11) is 0. The second-order valence-electron chi connectivity index (χ2n) is 5.21. The number of amides is 1. The van der Waals surface area contributed by atoms with Crippen molar-refractivity contribution in [2.45, 2.75) is 20.3 Å². The first-order chi connectivity index (χ1) is 9.10. The molecular formula is C15H22N2O2. The molecule has 1 aliphatic heterocycles. The predicted octanol–water partition coefficient (Wildman–Crippen LogP) is 2.08.